The molecule has 32 heavy (non-hydrogen) atoms. The lowest BCUT2D eigenvalue weighted by molar-refractivity contribution is -0.156. The van der Waals surface area contributed by atoms with Crippen LogP contribution in [0.1, 0.15) is 45.2 Å². The van der Waals surface area contributed by atoms with Gasteiger partial charge in [-0.05, 0) is 42.0 Å². The van der Waals surface area contributed by atoms with E-state index in [1.165, 1.54) is 11.8 Å². The number of nitrogens with one attached hydrogen (secondary N) is 1. The highest BCUT2D eigenvalue weighted by atomic mass is 32.2. The molecule has 0 aromatic heterocycles. The fourth-order valence-electron chi connectivity index (χ4n) is 3.57. The molecule has 0 radical (unpaired) electrons. The second-order valence-corrected chi connectivity index (χ2v) is 10.9. The van der Waals surface area contributed by atoms with Gasteiger partial charge in [-0.15, -0.1) is 0 Å². The van der Waals surface area contributed by atoms with Crippen LogP contribution in [0.3, 0.4) is 0 Å². The van der Waals surface area contributed by atoms with Gasteiger partial charge in [-0.1, -0.05) is 45.0 Å². The van der Waals surface area contributed by atoms with Crippen LogP contribution in [0.2, 0.25) is 0 Å². The predicted molar refractivity (Wildman–Crippen MR) is 115 cm³/mol. The lowest BCUT2D eigenvalue weighted by Crippen LogP contribution is -2.68. The summed E-state index contributed by atoms with van der Waals surface area (Å²) in [6.07, 6.45) is 0.321. The maximum absolute atomic E-state index is 13.9. The molecule has 3 rings (SSSR count). The highest BCUT2D eigenvalue weighted by molar-refractivity contribution is 7.90. The number of nitrogens with zero attached hydrogens (tertiary/aromatic N) is 1. The van der Waals surface area contributed by atoms with E-state index < -0.39 is 38.0 Å². The minimum atomic E-state index is -4.57. The third kappa shape index (κ3) is 4.67. The van der Waals surface area contributed by atoms with Gasteiger partial charge in [0.2, 0.25) is 5.91 Å². The summed E-state index contributed by atoms with van der Waals surface area (Å²) in [6.45, 7) is 8.02. The molecule has 0 aliphatic carbocycles. The monoisotopic (exact) mass is 464 g/mol. The van der Waals surface area contributed by atoms with Crippen LogP contribution >= 0.6 is 0 Å². The van der Waals surface area contributed by atoms with Gasteiger partial charge in [0.05, 0.1) is 6.42 Å². The number of sulfonamides is 1. The summed E-state index contributed by atoms with van der Waals surface area (Å²) in [5.74, 6) is -3.51. The molecule has 2 amide bonds. The highest BCUT2D eigenvalue weighted by Gasteiger charge is 2.50. The number of hydrogen-bond donors (Lipinski definition) is 1. The topological polar surface area (TPSA) is 83.6 Å². The maximum atomic E-state index is 13.9. The normalized spacial score (nSPS) is 18.8. The van der Waals surface area contributed by atoms with Gasteiger partial charge < -0.3 is 4.90 Å². The van der Waals surface area contributed by atoms with Crippen LogP contribution in [0, 0.1) is 11.6 Å². The number of benzene rings is 2. The summed E-state index contributed by atoms with van der Waals surface area (Å²) in [5, 5.41) is 0. The standard InChI is InChI=1S/C23H26F2N2O4S/c1-22(2,3)16-7-5-15(6-8-16)13-20(28)27-12-11-23(27,4)21(29)26-32(30,31)19-10-9-17(24)14-18(19)25/h5-10,14H,11-13H2,1-4H3,(H,26,29). The first-order valence-electron chi connectivity index (χ1n) is 10.2. The second-order valence-electron chi connectivity index (χ2n) is 9.20. The number of amides is 2. The van der Waals surface area contributed by atoms with Crippen molar-refractivity contribution >= 4 is 21.8 Å². The van der Waals surface area contributed by atoms with Gasteiger partial charge in [0.15, 0.2) is 0 Å². The number of halogens is 2. The third-order valence-corrected chi connectivity index (χ3v) is 7.16. The molecule has 2 aromatic rings. The van der Waals surface area contributed by atoms with E-state index in [0.717, 1.165) is 23.3 Å². The number of carbonyl (C=O) groups excluding carboxylic acids is 2. The molecule has 172 valence electrons. The fraction of sp³-hybridized carbons (Fsp3) is 0.391. The van der Waals surface area contributed by atoms with Crippen molar-refractivity contribution in [2.45, 2.75) is 56.4 Å². The molecule has 1 N–H and O–H groups in total. The zero-order chi connectivity index (χ0) is 23.9. The Balaban J connectivity index is 1.71. The number of likely N-dealkylation sites (tertiary alicyclic amines) is 1. The lowest BCUT2D eigenvalue weighted by atomic mass is 9.84. The Hall–Kier alpha value is -2.81. The SMILES string of the molecule is CC(C)(C)c1ccc(CC(=O)N2CCC2(C)C(=O)NS(=O)(=O)c2ccc(F)cc2F)cc1. The Labute approximate surface area is 186 Å². The van der Waals surface area contributed by atoms with E-state index in [1.807, 2.05) is 29.0 Å². The minimum absolute atomic E-state index is 0.0217. The molecule has 0 saturated carbocycles. The van der Waals surface area contributed by atoms with Crippen LogP contribution in [-0.4, -0.2) is 37.2 Å². The summed E-state index contributed by atoms with van der Waals surface area (Å²) in [7, 11) is -4.57. The quantitative estimate of drug-likeness (QED) is 0.736. The van der Waals surface area contributed by atoms with Crippen molar-refractivity contribution in [3.63, 3.8) is 0 Å². The Morgan fingerprint density at radius 2 is 1.72 bits per heavy atom. The van der Waals surface area contributed by atoms with Gasteiger partial charge in [0.1, 0.15) is 22.1 Å². The Morgan fingerprint density at radius 3 is 2.22 bits per heavy atom. The van der Waals surface area contributed by atoms with E-state index in [1.54, 1.807) is 0 Å². The molecule has 1 atom stereocenters. The molecule has 1 saturated heterocycles. The van der Waals surface area contributed by atoms with Crippen molar-refractivity contribution in [2.75, 3.05) is 6.54 Å². The zero-order valence-corrected chi connectivity index (χ0v) is 19.2. The molecule has 1 aliphatic heterocycles. The first kappa shape index (κ1) is 23.8. The molecular formula is C23H26F2N2O4S. The molecule has 6 nitrogen and oxygen atoms in total. The van der Waals surface area contributed by atoms with Crippen molar-refractivity contribution in [2.24, 2.45) is 0 Å². The number of hydrogen-bond acceptors (Lipinski definition) is 4. The van der Waals surface area contributed by atoms with Gasteiger partial charge in [-0.25, -0.2) is 21.9 Å². The number of carbonyl (C=O) groups is 2. The van der Waals surface area contributed by atoms with Crippen molar-refractivity contribution in [1.29, 1.82) is 0 Å². The van der Waals surface area contributed by atoms with Gasteiger partial charge in [0.25, 0.3) is 15.9 Å². The summed E-state index contributed by atoms with van der Waals surface area (Å²) in [6, 6.07) is 9.57. The van der Waals surface area contributed by atoms with E-state index >= 15 is 0 Å². The van der Waals surface area contributed by atoms with Gasteiger partial charge in [-0.3, -0.25) is 9.59 Å². The van der Waals surface area contributed by atoms with Crippen LogP contribution in [0.25, 0.3) is 0 Å². The maximum Gasteiger partial charge on any atom is 0.267 e. The first-order chi connectivity index (χ1) is 14.7. The minimum Gasteiger partial charge on any atom is -0.328 e. The van der Waals surface area contributed by atoms with Crippen LogP contribution in [0.5, 0.6) is 0 Å². The smallest absolute Gasteiger partial charge is 0.267 e. The lowest BCUT2D eigenvalue weighted by Gasteiger charge is -2.49. The van der Waals surface area contributed by atoms with Crippen molar-refractivity contribution in [1.82, 2.24) is 9.62 Å². The van der Waals surface area contributed by atoms with Crippen molar-refractivity contribution in [3.05, 3.63) is 65.2 Å². The van der Waals surface area contributed by atoms with Crippen molar-refractivity contribution < 1.29 is 26.8 Å². The Kier molecular flexibility index (Phi) is 6.16. The average molecular weight is 465 g/mol. The second kappa shape index (κ2) is 8.27. The molecule has 9 heteroatoms. The zero-order valence-electron chi connectivity index (χ0n) is 18.4. The molecule has 1 unspecified atom stereocenters. The van der Waals surface area contributed by atoms with E-state index in [0.29, 0.717) is 12.6 Å². The van der Waals surface area contributed by atoms with E-state index in [4.69, 9.17) is 0 Å². The van der Waals surface area contributed by atoms with Gasteiger partial charge in [0, 0.05) is 12.6 Å². The van der Waals surface area contributed by atoms with Gasteiger partial charge in [-0.2, -0.15) is 0 Å². The Bertz CT molecular complexity index is 1160. The third-order valence-electron chi connectivity index (χ3n) is 5.79. The fourth-order valence-corrected chi connectivity index (χ4v) is 4.70. The highest BCUT2D eigenvalue weighted by Crippen LogP contribution is 2.32. The number of rotatable bonds is 5. The van der Waals surface area contributed by atoms with Crippen LogP contribution < -0.4 is 4.72 Å². The molecule has 1 heterocycles. The summed E-state index contributed by atoms with van der Waals surface area (Å²) < 4.78 is 53.7. The van der Waals surface area contributed by atoms with Crippen LogP contribution in [-0.2, 0) is 31.4 Å². The van der Waals surface area contributed by atoms with Gasteiger partial charge >= 0.3 is 0 Å². The predicted octanol–water partition coefficient (Wildman–Crippen LogP) is 3.30. The van der Waals surface area contributed by atoms with E-state index in [-0.39, 0.29) is 24.2 Å². The van der Waals surface area contributed by atoms with Crippen molar-refractivity contribution in [3.8, 4) is 0 Å². The largest absolute Gasteiger partial charge is 0.328 e. The molecule has 0 spiro atoms. The summed E-state index contributed by atoms with van der Waals surface area (Å²) in [4.78, 5) is 26.0. The first-order valence-corrected chi connectivity index (χ1v) is 11.6. The molecular weight excluding hydrogens is 438 g/mol. The average Bonchev–Trinajstić information content (AvgIpc) is 2.65. The van der Waals surface area contributed by atoms with E-state index in [2.05, 4.69) is 20.8 Å². The Morgan fingerprint density at radius 1 is 1.09 bits per heavy atom. The molecule has 2 aromatic carbocycles. The van der Waals surface area contributed by atoms with Crippen LogP contribution in [0.4, 0.5) is 8.78 Å². The summed E-state index contributed by atoms with van der Waals surface area (Å²) >= 11 is 0. The van der Waals surface area contributed by atoms with E-state index in [9.17, 15) is 26.8 Å². The molecule has 1 fully saturated rings. The summed E-state index contributed by atoms with van der Waals surface area (Å²) in [5.41, 5.74) is 0.497. The van der Waals surface area contributed by atoms with Crippen LogP contribution in [0.15, 0.2) is 47.4 Å². The molecule has 0 bridgehead atoms. The molecule has 1 aliphatic rings.